The first-order valence-electron chi connectivity index (χ1n) is 10.8. The van der Waals surface area contributed by atoms with Crippen molar-refractivity contribution in [3.05, 3.63) is 48.0 Å². The van der Waals surface area contributed by atoms with Crippen molar-refractivity contribution in [2.24, 2.45) is 0 Å². The van der Waals surface area contributed by atoms with E-state index in [2.05, 4.69) is 24.4 Å². The number of nitrogens with zero attached hydrogens (tertiary/aromatic N) is 2. The molecule has 0 radical (unpaired) electrons. The Hall–Kier alpha value is -2.77. The van der Waals surface area contributed by atoms with E-state index in [1.165, 1.54) is 10.3 Å². The predicted molar refractivity (Wildman–Crippen MR) is 122 cm³/mol. The standard InChI is InChI=1S/C24H25N3O3S/c1-15-5-10-19-21(12-15)31-23(26-19)16-6-8-17(9-7-16)25-22(28)13-20-24(29)27-11-3-2-4-18(27)14-30-20/h5-10,12,18,20H,2-4,11,13-14H2,1H3,(H,25,28)/t18-,20+/m1/s1. The number of carbonyl (C=O) groups excluding carboxylic acids is 2. The van der Waals surface area contributed by atoms with Crippen molar-refractivity contribution in [2.45, 2.75) is 44.8 Å². The fraction of sp³-hybridized carbons (Fsp3) is 0.375. The van der Waals surface area contributed by atoms with Gasteiger partial charge in [-0.05, 0) is 68.1 Å². The molecular weight excluding hydrogens is 410 g/mol. The second-order valence-corrected chi connectivity index (χ2v) is 9.35. The minimum absolute atomic E-state index is 0.0427. The molecule has 31 heavy (non-hydrogen) atoms. The number of aromatic nitrogens is 1. The van der Waals surface area contributed by atoms with Gasteiger partial charge in [-0.3, -0.25) is 9.59 Å². The van der Waals surface area contributed by atoms with E-state index in [1.54, 1.807) is 11.3 Å². The van der Waals surface area contributed by atoms with Gasteiger partial charge in [-0.15, -0.1) is 11.3 Å². The van der Waals surface area contributed by atoms with E-state index in [0.29, 0.717) is 12.3 Å². The van der Waals surface area contributed by atoms with Gasteiger partial charge in [0, 0.05) is 17.8 Å². The van der Waals surface area contributed by atoms with Gasteiger partial charge >= 0.3 is 0 Å². The molecule has 0 saturated carbocycles. The lowest BCUT2D eigenvalue weighted by Crippen LogP contribution is -2.56. The summed E-state index contributed by atoms with van der Waals surface area (Å²) in [5.41, 5.74) is 3.93. The smallest absolute Gasteiger partial charge is 0.252 e. The van der Waals surface area contributed by atoms with E-state index < -0.39 is 6.10 Å². The lowest BCUT2D eigenvalue weighted by molar-refractivity contribution is -0.163. The van der Waals surface area contributed by atoms with Crippen molar-refractivity contribution < 1.29 is 14.3 Å². The molecule has 2 aliphatic heterocycles. The zero-order chi connectivity index (χ0) is 21.4. The van der Waals surface area contributed by atoms with Gasteiger partial charge in [-0.2, -0.15) is 0 Å². The molecule has 7 heteroatoms. The molecule has 6 nitrogen and oxygen atoms in total. The third-order valence-corrected chi connectivity index (χ3v) is 7.07. The van der Waals surface area contributed by atoms with Crippen LogP contribution in [0.2, 0.25) is 0 Å². The van der Waals surface area contributed by atoms with Gasteiger partial charge in [-0.1, -0.05) is 6.07 Å². The highest BCUT2D eigenvalue weighted by Gasteiger charge is 2.38. The van der Waals surface area contributed by atoms with Gasteiger partial charge < -0.3 is 15.0 Å². The van der Waals surface area contributed by atoms with Gasteiger partial charge in [0.15, 0.2) is 0 Å². The molecule has 1 N–H and O–H groups in total. The molecular formula is C24H25N3O3S. The van der Waals surface area contributed by atoms with Gasteiger partial charge in [0.2, 0.25) is 5.91 Å². The summed E-state index contributed by atoms with van der Waals surface area (Å²) < 4.78 is 6.89. The first-order chi connectivity index (χ1) is 15.1. The summed E-state index contributed by atoms with van der Waals surface area (Å²) in [4.78, 5) is 31.8. The topological polar surface area (TPSA) is 71.5 Å². The number of piperidine rings is 1. The first-order valence-corrected chi connectivity index (χ1v) is 11.6. The van der Waals surface area contributed by atoms with E-state index >= 15 is 0 Å². The molecule has 2 atom stereocenters. The molecule has 1 aromatic heterocycles. The average Bonchev–Trinajstić information content (AvgIpc) is 3.19. The Kier molecular flexibility index (Phi) is 5.46. The number of thiazole rings is 1. The molecule has 2 saturated heterocycles. The van der Waals surface area contributed by atoms with E-state index in [1.807, 2.05) is 35.2 Å². The normalized spacial score (nSPS) is 21.2. The summed E-state index contributed by atoms with van der Waals surface area (Å²) >= 11 is 1.66. The predicted octanol–water partition coefficient (Wildman–Crippen LogP) is 4.38. The molecule has 0 bridgehead atoms. The van der Waals surface area contributed by atoms with Gasteiger partial charge in [0.1, 0.15) is 11.1 Å². The Morgan fingerprint density at radius 1 is 1.23 bits per heavy atom. The van der Waals surface area contributed by atoms with Crippen LogP contribution in [0.15, 0.2) is 42.5 Å². The Morgan fingerprint density at radius 3 is 2.90 bits per heavy atom. The average molecular weight is 436 g/mol. The number of ether oxygens (including phenoxy) is 1. The van der Waals surface area contributed by atoms with Gasteiger partial charge in [0.05, 0.1) is 29.3 Å². The van der Waals surface area contributed by atoms with E-state index in [4.69, 9.17) is 9.72 Å². The maximum Gasteiger partial charge on any atom is 0.252 e. The SMILES string of the molecule is Cc1ccc2nc(-c3ccc(NC(=O)C[C@@H]4OC[C@H]5CCCCN5C4=O)cc3)sc2c1. The van der Waals surface area contributed by atoms with Crippen LogP contribution in [0.3, 0.4) is 0 Å². The van der Waals surface area contributed by atoms with Crippen LogP contribution < -0.4 is 5.32 Å². The highest BCUT2D eigenvalue weighted by atomic mass is 32.1. The minimum atomic E-state index is -0.681. The number of nitrogens with one attached hydrogen (secondary N) is 1. The summed E-state index contributed by atoms with van der Waals surface area (Å²) in [5.74, 6) is -0.260. The second-order valence-electron chi connectivity index (χ2n) is 8.32. The molecule has 5 rings (SSSR count). The summed E-state index contributed by atoms with van der Waals surface area (Å²) in [6.07, 6.45) is 2.52. The molecule has 0 aliphatic carbocycles. The molecule has 2 aliphatic rings. The lowest BCUT2D eigenvalue weighted by atomic mass is 9.99. The van der Waals surface area contributed by atoms with Crippen molar-refractivity contribution in [1.82, 2.24) is 9.88 Å². The molecule has 3 aromatic rings. The number of carbonyl (C=O) groups is 2. The van der Waals surface area contributed by atoms with E-state index in [-0.39, 0.29) is 24.3 Å². The Labute approximate surface area is 185 Å². The minimum Gasteiger partial charge on any atom is -0.366 e. The number of anilines is 1. The van der Waals surface area contributed by atoms with Crippen molar-refractivity contribution in [2.75, 3.05) is 18.5 Å². The fourth-order valence-corrected chi connectivity index (χ4v) is 5.39. The van der Waals surface area contributed by atoms with Crippen LogP contribution >= 0.6 is 11.3 Å². The van der Waals surface area contributed by atoms with Crippen LogP contribution in [-0.4, -0.2) is 47.0 Å². The van der Waals surface area contributed by atoms with Crippen LogP contribution in [-0.2, 0) is 14.3 Å². The maximum atomic E-state index is 12.7. The molecule has 3 heterocycles. The van der Waals surface area contributed by atoms with Crippen molar-refractivity contribution in [3.8, 4) is 10.6 Å². The summed E-state index contributed by atoms with van der Waals surface area (Å²) in [6, 6.07) is 14.1. The second kappa shape index (κ2) is 8.40. The van der Waals surface area contributed by atoms with Crippen LogP contribution in [0, 0.1) is 6.92 Å². The largest absolute Gasteiger partial charge is 0.366 e. The van der Waals surface area contributed by atoms with Crippen LogP contribution in [0.5, 0.6) is 0 Å². The van der Waals surface area contributed by atoms with Crippen LogP contribution in [0.25, 0.3) is 20.8 Å². The van der Waals surface area contributed by atoms with Gasteiger partial charge in [0.25, 0.3) is 5.91 Å². The summed E-state index contributed by atoms with van der Waals surface area (Å²) in [5, 5.41) is 3.84. The number of amides is 2. The number of fused-ring (bicyclic) bond motifs is 2. The number of benzene rings is 2. The van der Waals surface area contributed by atoms with Crippen molar-refractivity contribution in [1.29, 1.82) is 0 Å². The van der Waals surface area contributed by atoms with Crippen LogP contribution in [0.4, 0.5) is 5.69 Å². The monoisotopic (exact) mass is 435 g/mol. The highest BCUT2D eigenvalue weighted by molar-refractivity contribution is 7.21. The Morgan fingerprint density at radius 2 is 2.06 bits per heavy atom. The number of aryl methyl sites for hydroxylation is 1. The molecule has 2 fully saturated rings. The van der Waals surface area contributed by atoms with Gasteiger partial charge in [-0.25, -0.2) is 4.98 Å². The van der Waals surface area contributed by atoms with E-state index in [0.717, 1.165) is 41.9 Å². The Balaban J connectivity index is 1.22. The zero-order valence-electron chi connectivity index (χ0n) is 17.5. The lowest BCUT2D eigenvalue weighted by Gasteiger charge is -2.41. The molecule has 160 valence electrons. The number of hydrogen-bond donors (Lipinski definition) is 1. The Bertz CT molecular complexity index is 1120. The molecule has 2 aromatic carbocycles. The van der Waals surface area contributed by atoms with E-state index in [9.17, 15) is 9.59 Å². The summed E-state index contributed by atoms with van der Waals surface area (Å²) in [6.45, 7) is 3.38. The zero-order valence-corrected chi connectivity index (χ0v) is 18.3. The quantitative estimate of drug-likeness (QED) is 0.660. The number of morpholine rings is 1. The van der Waals surface area contributed by atoms with Crippen molar-refractivity contribution in [3.63, 3.8) is 0 Å². The number of rotatable bonds is 4. The highest BCUT2D eigenvalue weighted by Crippen LogP contribution is 2.31. The molecule has 0 unspecified atom stereocenters. The summed E-state index contributed by atoms with van der Waals surface area (Å²) in [7, 11) is 0. The molecule has 0 spiro atoms. The molecule has 2 amide bonds. The first kappa shape index (κ1) is 20.2. The maximum absolute atomic E-state index is 12.7. The van der Waals surface area contributed by atoms with Crippen LogP contribution in [0.1, 0.15) is 31.2 Å². The third-order valence-electron chi connectivity index (χ3n) is 6.01. The van der Waals surface area contributed by atoms with Crippen molar-refractivity contribution >= 4 is 39.1 Å². The fourth-order valence-electron chi connectivity index (χ4n) is 4.33. The number of hydrogen-bond acceptors (Lipinski definition) is 5. The third kappa shape index (κ3) is 4.20.